The molecule has 0 atom stereocenters. The van der Waals surface area contributed by atoms with E-state index in [-0.39, 0.29) is 17.1 Å². The first-order valence-electron chi connectivity index (χ1n) is 8.64. The Hall–Kier alpha value is -4.67. The highest BCUT2D eigenvalue weighted by molar-refractivity contribution is 5.95. The molecule has 0 radical (unpaired) electrons. The van der Waals surface area contributed by atoms with E-state index in [0.717, 1.165) is 24.3 Å². The number of hydrogen-bond donors (Lipinski definition) is 1. The quantitative estimate of drug-likeness (QED) is 0.343. The maximum atomic E-state index is 13.6. The third-order valence-corrected chi connectivity index (χ3v) is 3.96. The first kappa shape index (κ1) is 21.0. The van der Waals surface area contributed by atoms with Gasteiger partial charge < -0.3 is 4.74 Å². The lowest BCUT2D eigenvalue weighted by Gasteiger charge is -2.06. The van der Waals surface area contributed by atoms with Gasteiger partial charge in [0, 0.05) is 6.07 Å². The Bertz CT molecular complexity index is 1180. The molecule has 0 aliphatic rings. The molecule has 3 aromatic carbocycles. The number of non-ortho nitro benzene ring substituents is 1. The summed E-state index contributed by atoms with van der Waals surface area (Å²) in [5.41, 5.74) is 1.64. The van der Waals surface area contributed by atoms with Crippen molar-refractivity contribution in [2.24, 2.45) is 5.10 Å². The van der Waals surface area contributed by atoms with Crippen LogP contribution in [0.4, 0.5) is 15.8 Å². The van der Waals surface area contributed by atoms with Gasteiger partial charge in [-0.1, -0.05) is 12.1 Å². The summed E-state index contributed by atoms with van der Waals surface area (Å²) in [4.78, 5) is 32.3. The van der Waals surface area contributed by atoms with Crippen molar-refractivity contribution in [1.82, 2.24) is 5.43 Å². The van der Waals surface area contributed by atoms with Gasteiger partial charge >= 0.3 is 5.69 Å². The van der Waals surface area contributed by atoms with E-state index in [1.165, 1.54) is 36.5 Å². The average Bonchev–Trinajstić information content (AvgIpc) is 2.75. The van der Waals surface area contributed by atoms with E-state index in [1.54, 1.807) is 12.1 Å². The number of carbonyl (C=O) groups excluding carboxylic acids is 1. The number of carbonyl (C=O) groups is 1. The molecule has 0 aliphatic heterocycles. The van der Waals surface area contributed by atoms with Gasteiger partial charge in [-0.25, -0.2) is 9.82 Å². The van der Waals surface area contributed by atoms with E-state index in [9.17, 15) is 29.4 Å². The normalized spacial score (nSPS) is 10.6. The molecule has 10 nitrogen and oxygen atoms in total. The van der Waals surface area contributed by atoms with Gasteiger partial charge in [-0.2, -0.15) is 5.10 Å². The standard InChI is InChI=1S/C20H13FN4O6/c21-17-4-2-1-3-16(17)20(26)23-22-12-13-5-8-15(9-6-13)31-19-10-7-14(24(27)28)11-18(19)25(29)30/h1-12H,(H,23,26)/b22-12-. The fourth-order valence-electron chi connectivity index (χ4n) is 2.47. The van der Waals surface area contributed by atoms with Crippen molar-refractivity contribution < 1.29 is 23.8 Å². The largest absolute Gasteiger partial charge is 0.450 e. The van der Waals surface area contributed by atoms with E-state index < -0.39 is 32.9 Å². The van der Waals surface area contributed by atoms with Crippen molar-refractivity contribution in [3.63, 3.8) is 0 Å². The molecule has 0 fully saturated rings. The second kappa shape index (κ2) is 9.22. The molecule has 156 valence electrons. The van der Waals surface area contributed by atoms with Gasteiger partial charge in [0.05, 0.1) is 27.7 Å². The summed E-state index contributed by atoms with van der Waals surface area (Å²) in [6.07, 6.45) is 1.32. The van der Waals surface area contributed by atoms with Gasteiger partial charge in [0.1, 0.15) is 11.6 Å². The van der Waals surface area contributed by atoms with Crippen LogP contribution in [0.5, 0.6) is 11.5 Å². The van der Waals surface area contributed by atoms with Crippen LogP contribution in [0.3, 0.4) is 0 Å². The Morgan fingerprint density at radius 1 is 1.00 bits per heavy atom. The lowest BCUT2D eigenvalue weighted by Crippen LogP contribution is -2.18. The molecule has 31 heavy (non-hydrogen) atoms. The van der Waals surface area contributed by atoms with Gasteiger partial charge in [-0.3, -0.25) is 25.0 Å². The summed E-state index contributed by atoms with van der Waals surface area (Å²) in [5.74, 6) is -1.30. The molecule has 0 spiro atoms. The number of hydrazone groups is 1. The molecule has 11 heteroatoms. The molecule has 0 bridgehead atoms. The summed E-state index contributed by atoms with van der Waals surface area (Å²) in [7, 11) is 0. The van der Waals surface area contributed by atoms with Gasteiger partial charge in [-0.15, -0.1) is 0 Å². The Balaban J connectivity index is 1.67. The van der Waals surface area contributed by atoms with Gasteiger partial charge in [0.25, 0.3) is 11.6 Å². The number of rotatable bonds is 7. The summed E-state index contributed by atoms with van der Waals surface area (Å²) >= 11 is 0. The van der Waals surface area contributed by atoms with Crippen LogP contribution in [0.15, 0.2) is 71.8 Å². The van der Waals surface area contributed by atoms with Gasteiger partial charge in [-0.05, 0) is 48.0 Å². The maximum Gasteiger partial charge on any atom is 0.318 e. The Kier molecular flexibility index (Phi) is 6.26. The number of benzene rings is 3. The van der Waals surface area contributed by atoms with Crippen molar-refractivity contribution in [2.45, 2.75) is 0 Å². The minimum absolute atomic E-state index is 0.145. The monoisotopic (exact) mass is 424 g/mol. The number of nitro groups is 2. The van der Waals surface area contributed by atoms with Crippen LogP contribution in [0.2, 0.25) is 0 Å². The zero-order valence-corrected chi connectivity index (χ0v) is 15.6. The van der Waals surface area contributed by atoms with Crippen molar-refractivity contribution >= 4 is 23.5 Å². The number of hydrogen-bond acceptors (Lipinski definition) is 7. The van der Waals surface area contributed by atoms with Crippen LogP contribution < -0.4 is 10.2 Å². The molecule has 0 aromatic heterocycles. The summed E-state index contributed by atoms with van der Waals surface area (Å²) in [6.45, 7) is 0. The molecule has 3 aromatic rings. The second-order valence-electron chi connectivity index (χ2n) is 6.02. The highest BCUT2D eigenvalue weighted by Crippen LogP contribution is 2.34. The number of amides is 1. The third kappa shape index (κ3) is 5.23. The van der Waals surface area contributed by atoms with Crippen LogP contribution in [-0.2, 0) is 0 Å². The van der Waals surface area contributed by atoms with E-state index in [1.807, 2.05) is 0 Å². The maximum absolute atomic E-state index is 13.6. The topological polar surface area (TPSA) is 137 Å². The Morgan fingerprint density at radius 3 is 2.35 bits per heavy atom. The fourth-order valence-corrected chi connectivity index (χ4v) is 2.47. The van der Waals surface area contributed by atoms with Gasteiger partial charge in [0.2, 0.25) is 5.75 Å². The molecule has 0 aliphatic carbocycles. The zero-order chi connectivity index (χ0) is 22.4. The predicted octanol–water partition coefficient (Wildman–Crippen LogP) is 4.20. The highest BCUT2D eigenvalue weighted by atomic mass is 19.1. The van der Waals surface area contributed by atoms with Crippen molar-refractivity contribution in [3.8, 4) is 11.5 Å². The third-order valence-electron chi connectivity index (χ3n) is 3.96. The van der Waals surface area contributed by atoms with Gasteiger partial charge in [0.15, 0.2) is 0 Å². The Morgan fingerprint density at radius 2 is 1.71 bits per heavy atom. The van der Waals surface area contributed by atoms with E-state index in [4.69, 9.17) is 4.74 Å². The van der Waals surface area contributed by atoms with Crippen LogP contribution in [0, 0.1) is 26.0 Å². The predicted molar refractivity (Wildman–Crippen MR) is 108 cm³/mol. The average molecular weight is 424 g/mol. The van der Waals surface area contributed by atoms with Crippen LogP contribution >= 0.6 is 0 Å². The highest BCUT2D eigenvalue weighted by Gasteiger charge is 2.21. The molecular weight excluding hydrogens is 411 g/mol. The minimum Gasteiger partial charge on any atom is -0.450 e. The molecule has 0 unspecified atom stereocenters. The number of ether oxygens (including phenoxy) is 1. The molecule has 0 saturated heterocycles. The lowest BCUT2D eigenvalue weighted by molar-refractivity contribution is -0.394. The zero-order valence-electron chi connectivity index (χ0n) is 15.6. The van der Waals surface area contributed by atoms with Crippen LogP contribution in [0.1, 0.15) is 15.9 Å². The molecule has 0 saturated carbocycles. The smallest absolute Gasteiger partial charge is 0.318 e. The van der Waals surface area contributed by atoms with Crippen LogP contribution in [-0.4, -0.2) is 22.0 Å². The summed E-state index contributed by atoms with van der Waals surface area (Å²) in [6, 6.07) is 14.6. The minimum atomic E-state index is -0.776. The van der Waals surface area contributed by atoms with E-state index >= 15 is 0 Å². The SMILES string of the molecule is O=C(N/N=C\c1ccc(Oc2ccc([N+](=O)[O-])cc2[N+](=O)[O-])cc1)c1ccccc1F. The second-order valence-corrected chi connectivity index (χ2v) is 6.02. The number of nitrogens with zero attached hydrogens (tertiary/aromatic N) is 3. The van der Waals surface area contributed by atoms with E-state index in [0.29, 0.717) is 5.56 Å². The Labute approximate surface area is 173 Å². The van der Waals surface area contributed by atoms with Crippen molar-refractivity contribution in [3.05, 3.63) is 104 Å². The summed E-state index contributed by atoms with van der Waals surface area (Å²) < 4.78 is 19.0. The fraction of sp³-hybridized carbons (Fsp3) is 0. The van der Waals surface area contributed by atoms with Crippen molar-refractivity contribution in [2.75, 3.05) is 0 Å². The number of nitro benzene ring substituents is 2. The number of halogens is 1. The molecule has 1 amide bonds. The summed E-state index contributed by atoms with van der Waals surface area (Å²) in [5, 5.41) is 25.7. The van der Waals surface area contributed by atoms with Crippen molar-refractivity contribution in [1.29, 1.82) is 0 Å². The molecule has 3 rings (SSSR count). The number of nitrogens with one attached hydrogen (secondary N) is 1. The first-order chi connectivity index (χ1) is 14.8. The molecular formula is C20H13FN4O6. The molecule has 0 heterocycles. The molecule has 1 N–H and O–H groups in total. The first-order valence-corrected chi connectivity index (χ1v) is 8.64. The van der Waals surface area contributed by atoms with E-state index in [2.05, 4.69) is 10.5 Å². The lowest BCUT2D eigenvalue weighted by atomic mass is 10.2. The van der Waals surface area contributed by atoms with Crippen LogP contribution in [0.25, 0.3) is 0 Å².